The van der Waals surface area contributed by atoms with Crippen molar-refractivity contribution in [3.8, 4) is 0 Å². The summed E-state index contributed by atoms with van der Waals surface area (Å²) in [6, 6.07) is 2.35. The number of carbonyl (C=O) groups is 1. The summed E-state index contributed by atoms with van der Waals surface area (Å²) in [7, 11) is -2.96. The molecule has 1 saturated carbocycles. The zero-order chi connectivity index (χ0) is 18.1. The molecule has 0 N–H and O–H groups in total. The Morgan fingerprint density at radius 1 is 1.12 bits per heavy atom. The molecule has 2 saturated heterocycles. The van der Waals surface area contributed by atoms with Crippen LogP contribution in [0.1, 0.15) is 24.8 Å². The third-order valence-corrected chi connectivity index (χ3v) is 8.12. The van der Waals surface area contributed by atoms with E-state index in [0.29, 0.717) is 13.0 Å². The van der Waals surface area contributed by atoms with Gasteiger partial charge in [0.25, 0.3) is 0 Å². The minimum Gasteiger partial charge on any atom is -0.335 e. The van der Waals surface area contributed by atoms with Gasteiger partial charge in [0.1, 0.15) is 0 Å². The SMILES string of the molecule is O=C(CN1CCN(Cc2ccsc2)CC1)N(C1CC1)[C@H]1CCS(=O)(=O)C1. The summed E-state index contributed by atoms with van der Waals surface area (Å²) < 4.78 is 23.6. The largest absolute Gasteiger partial charge is 0.335 e. The number of piperazine rings is 1. The normalized spacial score (nSPS) is 26.8. The second-order valence-electron chi connectivity index (χ2n) is 7.77. The van der Waals surface area contributed by atoms with Crippen molar-refractivity contribution in [2.45, 2.75) is 37.9 Å². The van der Waals surface area contributed by atoms with E-state index >= 15 is 0 Å². The van der Waals surface area contributed by atoms with E-state index in [-0.39, 0.29) is 29.5 Å². The van der Waals surface area contributed by atoms with Crippen molar-refractivity contribution in [2.24, 2.45) is 0 Å². The van der Waals surface area contributed by atoms with Crippen LogP contribution in [-0.4, -0.2) is 85.3 Å². The van der Waals surface area contributed by atoms with Gasteiger partial charge in [-0.3, -0.25) is 14.6 Å². The highest BCUT2D eigenvalue weighted by Gasteiger charge is 2.42. The van der Waals surface area contributed by atoms with Crippen LogP contribution >= 0.6 is 11.3 Å². The van der Waals surface area contributed by atoms with Gasteiger partial charge in [-0.05, 0) is 41.7 Å². The third-order valence-electron chi connectivity index (χ3n) is 5.64. The molecular formula is C18H27N3O3S2. The van der Waals surface area contributed by atoms with Gasteiger partial charge in [0, 0.05) is 44.8 Å². The zero-order valence-electron chi connectivity index (χ0n) is 15.0. The predicted octanol–water partition coefficient (Wildman–Crippen LogP) is 1.04. The summed E-state index contributed by atoms with van der Waals surface area (Å²) in [6.45, 7) is 5.17. The van der Waals surface area contributed by atoms with Gasteiger partial charge in [-0.25, -0.2) is 8.42 Å². The van der Waals surface area contributed by atoms with E-state index in [9.17, 15) is 13.2 Å². The molecule has 1 aromatic rings. The first-order valence-electron chi connectivity index (χ1n) is 9.47. The molecule has 3 heterocycles. The van der Waals surface area contributed by atoms with E-state index in [1.165, 1.54) is 5.56 Å². The van der Waals surface area contributed by atoms with Crippen LogP contribution in [0.15, 0.2) is 16.8 Å². The maximum Gasteiger partial charge on any atom is 0.237 e. The maximum atomic E-state index is 12.9. The van der Waals surface area contributed by atoms with E-state index in [1.54, 1.807) is 11.3 Å². The Kier molecular flexibility index (Phi) is 5.36. The third kappa shape index (κ3) is 4.47. The second kappa shape index (κ2) is 7.58. The average molecular weight is 398 g/mol. The van der Waals surface area contributed by atoms with Crippen molar-refractivity contribution in [3.05, 3.63) is 22.4 Å². The standard InChI is InChI=1S/C18H27N3O3S2/c22-18(21(16-1-2-16)17-4-10-26(23,24)14-17)12-20-7-5-19(6-8-20)11-15-3-9-25-13-15/h3,9,13,16-17H,1-2,4-8,10-12,14H2/t17-/m0/s1. The fourth-order valence-corrected chi connectivity index (χ4v) is 6.44. The molecule has 0 radical (unpaired) electrons. The maximum absolute atomic E-state index is 12.9. The van der Waals surface area contributed by atoms with Gasteiger partial charge in [-0.2, -0.15) is 11.3 Å². The van der Waals surface area contributed by atoms with Crippen molar-refractivity contribution in [1.82, 2.24) is 14.7 Å². The number of hydrogen-bond acceptors (Lipinski definition) is 6. The van der Waals surface area contributed by atoms with Gasteiger partial charge in [0.15, 0.2) is 9.84 Å². The molecule has 1 atom stereocenters. The van der Waals surface area contributed by atoms with Crippen molar-refractivity contribution in [2.75, 3.05) is 44.2 Å². The molecule has 0 unspecified atom stereocenters. The minimum absolute atomic E-state index is 0.0973. The average Bonchev–Trinajstić information content (AvgIpc) is 3.16. The molecule has 1 aromatic heterocycles. The number of rotatable bonds is 6. The highest BCUT2D eigenvalue weighted by atomic mass is 32.2. The highest BCUT2D eigenvalue weighted by molar-refractivity contribution is 7.91. The van der Waals surface area contributed by atoms with Crippen LogP contribution in [-0.2, 0) is 21.2 Å². The monoisotopic (exact) mass is 397 g/mol. The molecule has 6 nitrogen and oxygen atoms in total. The molecule has 1 aliphatic carbocycles. The first kappa shape index (κ1) is 18.4. The smallest absolute Gasteiger partial charge is 0.237 e. The lowest BCUT2D eigenvalue weighted by molar-refractivity contribution is -0.135. The summed E-state index contributed by atoms with van der Waals surface area (Å²) >= 11 is 1.73. The van der Waals surface area contributed by atoms with E-state index in [2.05, 4.69) is 26.6 Å². The highest BCUT2D eigenvalue weighted by Crippen LogP contribution is 2.32. The molecule has 0 aromatic carbocycles. The topological polar surface area (TPSA) is 60.9 Å². The summed E-state index contributed by atoms with van der Waals surface area (Å²) in [6.07, 6.45) is 2.66. The van der Waals surface area contributed by atoms with Crippen molar-refractivity contribution in [3.63, 3.8) is 0 Å². The number of amides is 1. The Balaban J connectivity index is 1.29. The lowest BCUT2D eigenvalue weighted by Gasteiger charge is -2.36. The summed E-state index contributed by atoms with van der Waals surface area (Å²) in [5.41, 5.74) is 1.36. The Morgan fingerprint density at radius 2 is 1.85 bits per heavy atom. The van der Waals surface area contributed by atoms with E-state index in [1.807, 2.05) is 4.90 Å². The van der Waals surface area contributed by atoms with Crippen molar-refractivity contribution < 1.29 is 13.2 Å². The predicted molar refractivity (Wildman–Crippen MR) is 103 cm³/mol. The fraction of sp³-hybridized carbons (Fsp3) is 0.722. The summed E-state index contributed by atoms with van der Waals surface area (Å²) in [5, 5.41) is 4.30. The first-order chi connectivity index (χ1) is 12.5. The Bertz CT molecular complexity index is 723. The molecule has 2 aliphatic heterocycles. The van der Waals surface area contributed by atoms with Crippen molar-refractivity contribution >= 4 is 27.1 Å². The van der Waals surface area contributed by atoms with Gasteiger partial charge in [-0.15, -0.1) is 0 Å². The van der Waals surface area contributed by atoms with Crippen LogP contribution in [0.3, 0.4) is 0 Å². The number of carbonyl (C=O) groups excluding carboxylic acids is 1. The van der Waals surface area contributed by atoms with Gasteiger partial charge in [0.05, 0.1) is 18.1 Å². The van der Waals surface area contributed by atoms with Crippen LogP contribution in [0.25, 0.3) is 0 Å². The summed E-state index contributed by atoms with van der Waals surface area (Å²) in [5.74, 6) is 0.514. The van der Waals surface area contributed by atoms with Crippen LogP contribution in [0.5, 0.6) is 0 Å². The molecule has 3 fully saturated rings. The number of thiophene rings is 1. The molecule has 4 rings (SSSR count). The van der Waals surface area contributed by atoms with Crippen molar-refractivity contribution in [1.29, 1.82) is 0 Å². The second-order valence-corrected chi connectivity index (χ2v) is 10.8. The molecule has 3 aliphatic rings. The van der Waals surface area contributed by atoms with Gasteiger partial charge in [-0.1, -0.05) is 0 Å². The van der Waals surface area contributed by atoms with Crippen LogP contribution < -0.4 is 0 Å². The van der Waals surface area contributed by atoms with Gasteiger partial charge >= 0.3 is 0 Å². The molecule has 144 valence electrons. The number of nitrogens with zero attached hydrogens (tertiary/aromatic N) is 3. The molecule has 8 heteroatoms. The van der Waals surface area contributed by atoms with Gasteiger partial charge < -0.3 is 4.90 Å². The zero-order valence-corrected chi connectivity index (χ0v) is 16.7. The molecule has 0 bridgehead atoms. The van der Waals surface area contributed by atoms with Crippen LogP contribution in [0.2, 0.25) is 0 Å². The Hall–Kier alpha value is -0.960. The fourth-order valence-electron chi connectivity index (χ4n) is 4.07. The van der Waals surface area contributed by atoms with Gasteiger partial charge in [0.2, 0.25) is 5.91 Å². The Labute approximate surface area is 159 Å². The minimum atomic E-state index is -2.96. The molecule has 1 amide bonds. The lowest BCUT2D eigenvalue weighted by Crippen LogP contribution is -2.52. The van der Waals surface area contributed by atoms with Crippen LogP contribution in [0.4, 0.5) is 0 Å². The van der Waals surface area contributed by atoms with E-state index in [0.717, 1.165) is 45.6 Å². The lowest BCUT2D eigenvalue weighted by atomic mass is 10.2. The number of sulfone groups is 1. The Morgan fingerprint density at radius 3 is 2.42 bits per heavy atom. The molecule has 26 heavy (non-hydrogen) atoms. The summed E-state index contributed by atoms with van der Waals surface area (Å²) in [4.78, 5) is 19.5. The first-order valence-corrected chi connectivity index (χ1v) is 12.2. The molecule has 0 spiro atoms. The molecular weight excluding hydrogens is 370 g/mol. The van der Waals surface area contributed by atoms with Crippen LogP contribution in [0, 0.1) is 0 Å². The van der Waals surface area contributed by atoms with E-state index in [4.69, 9.17) is 0 Å². The number of hydrogen-bond donors (Lipinski definition) is 0. The quantitative estimate of drug-likeness (QED) is 0.718. The van der Waals surface area contributed by atoms with E-state index < -0.39 is 9.84 Å².